The van der Waals surface area contributed by atoms with Crippen LogP contribution in [-0.4, -0.2) is 68.8 Å². The second-order valence-corrected chi connectivity index (χ2v) is 8.54. The number of rotatable bonds is 7. The first-order valence-corrected chi connectivity index (χ1v) is 10.8. The minimum atomic E-state index is -4.68. The summed E-state index contributed by atoms with van der Waals surface area (Å²) in [6.45, 7) is 2.18. The Kier molecular flexibility index (Phi) is 6.81. The summed E-state index contributed by atoms with van der Waals surface area (Å²) in [7, 11) is 0. The smallest absolute Gasteiger partial charge is 0.433 e. The third kappa shape index (κ3) is 5.62. The van der Waals surface area contributed by atoms with Crippen LogP contribution in [0.5, 0.6) is 0 Å². The minimum absolute atomic E-state index is 0.0160. The van der Waals surface area contributed by atoms with Crippen molar-refractivity contribution in [3.05, 3.63) is 47.2 Å². The average molecular weight is 495 g/mol. The quantitative estimate of drug-likeness (QED) is 0.596. The number of amides is 2. The van der Waals surface area contributed by atoms with E-state index in [1.807, 2.05) is 0 Å². The number of carbonyl (C=O) groups excluding carboxylic acids is 2. The maximum Gasteiger partial charge on any atom is 0.433 e. The van der Waals surface area contributed by atoms with Crippen LogP contribution in [0.4, 0.5) is 18.0 Å². The highest BCUT2D eigenvalue weighted by Gasteiger charge is 2.40. The van der Waals surface area contributed by atoms with Gasteiger partial charge in [-0.15, -0.1) is 0 Å². The molecule has 4 rings (SSSR count). The lowest BCUT2D eigenvalue weighted by molar-refractivity contribution is -0.142. The van der Waals surface area contributed by atoms with Gasteiger partial charge >= 0.3 is 12.3 Å². The van der Waals surface area contributed by atoms with E-state index < -0.39 is 30.3 Å². The Hall–Kier alpha value is -3.45. The number of aliphatic hydroxyl groups is 1. The molecule has 2 amide bonds. The van der Waals surface area contributed by atoms with Gasteiger partial charge < -0.3 is 24.9 Å². The summed E-state index contributed by atoms with van der Waals surface area (Å²) in [5.74, 6) is -0.378. The molecule has 3 N–H and O–H groups in total. The fourth-order valence-corrected chi connectivity index (χ4v) is 4.30. The summed E-state index contributed by atoms with van der Waals surface area (Å²) in [6.07, 6.45) is -3.97. The topological polar surface area (TPSA) is 135 Å². The fraction of sp³-hybridized carbons (Fsp3) is 0.455. The van der Waals surface area contributed by atoms with Gasteiger partial charge in [-0.3, -0.25) is 9.69 Å². The van der Waals surface area contributed by atoms with E-state index in [4.69, 9.17) is 14.9 Å². The number of furan rings is 1. The molecule has 2 aliphatic heterocycles. The largest absolute Gasteiger partial charge is 0.472 e. The van der Waals surface area contributed by atoms with E-state index in [9.17, 15) is 27.9 Å². The molecule has 0 spiro atoms. The van der Waals surface area contributed by atoms with E-state index in [1.165, 1.54) is 34.5 Å². The maximum atomic E-state index is 13.7. The highest BCUT2D eigenvalue weighted by molar-refractivity contribution is 5.91. The molecule has 0 aliphatic carbocycles. The molecule has 2 aromatic rings. The third-order valence-corrected chi connectivity index (χ3v) is 5.87. The van der Waals surface area contributed by atoms with E-state index in [2.05, 4.69) is 9.97 Å². The summed E-state index contributed by atoms with van der Waals surface area (Å²) in [5.41, 5.74) is 5.40. The van der Waals surface area contributed by atoms with Crippen molar-refractivity contribution >= 4 is 12.0 Å². The number of aromatic nitrogens is 2. The minimum Gasteiger partial charge on any atom is -0.472 e. The van der Waals surface area contributed by atoms with Crippen molar-refractivity contribution in [1.29, 1.82) is 0 Å². The van der Waals surface area contributed by atoms with Crippen molar-refractivity contribution in [2.75, 3.05) is 19.6 Å². The van der Waals surface area contributed by atoms with Crippen LogP contribution in [-0.2, 0) is 28.7 Å². The monoisotopic (exact) mass is 495 g/mol. The van der Waals surface area contributed by atoms with Gasteiger partial charge in [0.2, 0.25) is 5.91 Å². The molecule has 0 aromatic carbocycles. The number of nitrogens with zero attached hydrogens (tertiary/aromatic N) is 4. The molecule has 0 saturated heterocycles. The molecule has 2 atom stereocenters. The normalized spacial score (nSPS) is 18.3. The number of halogens is 3. The van der Waals surface area contributed by atoms with Crippen LogP contribution in [0.3, 0.4) is 0 Å². The summed E-state index contributed by atoms with van der Waals surface area (Å²) >= 11 is 0. The van der Waals surface area contributed by atoms with Crippen molar-refractivity contribution in [3.8, 4) is 11.4 Å². The predicted octanol–water partition coefficient (Wildman–Crippen LogP) is 2.07. The molecule has 13 heteroatoms. The Morgan fingerprint density at radius 1 is 1.34 bits per heavy atom. The van der Waals surface area contributed by atoms with E-state index in [-0.39, 0.29) is 55.5 Å². The summed E-state index contributed by atoms with van der Waals surface area (Å²) in [6, 6.07) is 1.46. The third-order valence-electron chi connectivity index (χ3n) is 5.87. The van der Waals surface area contributed by atoms with Crippen molar-refractivity contribution < 1.29 is 37.0 Å². The summed E-state index contributed by atoms with van der Waals surface area (Å²) in [4.78, 5) is 34.5. The fourth-order valence-electron chi connectivity index (χ4n) is 4.30. The SMILES string of the molecule is CC1=CC(=O)N(C[C@H](CC(O)N2CCc3c(nc(-c4ccoc4)nc3C(F)(F)F)C2)OC(N)=O)C1. The molecular formula is C22H24F3N5O5. The Morgan fingerprint density at radius 3 is 2.71 bits per heavy atom. The number of primary amides is 1. The van der Waals surface area contributed by atoms with Gasteiger partial charge in [0.25, 0.3) is 0 Å². The van der Waals surface area contributed by atoms with Crippen LogP contribution in [0.2, 0.25) is 0 Å². The number of ether oxygens (including phenoxy) is 1. The second-order valence-electron chi connectivity index (χ2n) is 8.54. The van der Waals surface area contributed by atoms with Crippen LogP contribution in [0.25, 0.3) is 11.4 Å². The van der Waals surface area contributed by atoms with Crippen LogP contribution in [0.15, 0.2) is 34.7 Å². The molecule has 1 unspecified atom stereocenters. The Balaban J connectivity index is 1.52. The van der Waals surface area contributed by atoms with Crippen LogP contribution in [0, 0.1) is 0 Å². The van der Waals surface area contributed by atoms with Crippen LogP contribution in [0.1, 0.15) is 30.3 Å². The first-order chi connectivity index (χ1) is 16.5. The molecule has 2 aromatic heterocycles. The van der Waals surface area contributed by atoms with Gasteiger partial charge in [-0.1, -0.05) is 0 Å². The van der Waals surface area contributed by atoms with Gasteiger partial charge in [-0.25, -0.2) is 14.8 Å². The Labute approximate surface area is 198 Å². The van der Waals surface area contributed by atoms with Crippen molar-refractivity contribution in [2.24, 2.45) is 5.73 Å². The molecule has 2 aliphatic rings. The van der Waals surface area contributed by atoms with Crippen molar-refractivity contribution in [3.63, 3.8) is 0 Å². The zero-order valence-corrected chi connectivity index (χ0v) is 18.8. The average Bonchev–Trinajstić information content (AvgIpc) is 3.41. The number of carbonyl (C=O) groups is 2. The first-order valence-electron chi connectivity index (χ1n) is 10.8. The predicted molar refractivity (Wildman–Crippen MR) is 114 cm³/mol. The van der Waals surface area contributed by atoms with E-state index in [1.54, 1.807) is 6.92 Å². The molecule has 0 radical (unpaired) electrons. The number of hydrogen-bond acceptors (Lipinski definition) is 8. The summed E-state index contributed by atoms with van der Waals surface area (Å²) in [5, 5.41) is 10.9. The second kappa shape index (κ2) is 9.66. The van der Waals surface area contributed by atoms with Crippen LogP contribution < -0.4 is 5.73 Å². The van der Waals surface area contributed by atoms with Gasteiger partial charge in [-0.2, -0.15) is 13.2 Å². The molecule has 0 fully saturated rings. The van der Waals surface area contributed by atoms with E-state index >= 15 is 0 Å². The molecule has 0 saturated carbocycles. The standard InChI is InChI=1S/C22H24F3N5O5/c1-12-6-17(31)30(8-12)9-14(35-21(26)33)7-18(32)29-4-2-15-16(10-29)27-20(13-3-5-34-11-13)28-19(15)22(23,24)25/h3,5-6,11,14,18,32H,2,4,7-10H2,1H3,(H2,26,33)/t14-,18?/m0/s1. The van der Waals surface area contributed by atoms with Gasteiger partial charge in [0.05, 0.1) is 24.1 Å². The van der Waals surface area contributed by atoms with Gasteiger partial charge in [0, 0.05) is 37.7 Å². The van der Waals surface area contributed by atoms with Crippen molar-refractivity contribution in [2.45, 2.75) is 44.8 Å². The highest BCUT2D eigenvalue weighted by Crippen LogP contribution is 2.35. The van der Waals surface area contributed by atoms with Crippen LogP contribution >= 0.6 is 0 Å². The van der Waals surface area contributed by atoms with E-state index in [0.29, 0.717) is 12.1 Å². The Bertz CT molecular complexity index is 1140. The molecule has 4 heterocycles. The maximum absolute atomic E-state index is 13.7. The number of hydrogen-bond donors (Lipinski definition) is 2. The molecule has 188 valence electrons. The number of fused-ring (bicyclic) bond motifs is 1. The number of alkyl halides is 3. The Morgan fingerprint density at radius 2 is 2.11 bits per heavy atom. The first kappa shape index (κ1) is 24.7. The van der Waals surface area contributed by atoms with E-state index in [0.717, 1.165) is 5.57 Å². The molecule has 10 nitrogen and oxygen atoms in total. The molecule has 35 heavy (non-hydrogen) atoms. The summed E-state index contributed by atoms with van der Waals surface area (Å²) < 4.78 is 51.2. The van der Waals surface area contributed by atoms with Crippen molar-refractivity contribution in [1.82, 2.24) is 19.8 Å². The highest BCUT2D eigenvalue weighted by atomic mass is 19.4. The number of aliphatic hydroxyl groups excluding tert-OH is 1. The lowest BCUT2D eigenvalue weighted by Gasteiger charge is -2.35. The number of nitrogens with two attached hydrogens (primary N) is 1. The lowest BCUT2D eigenvalue weighted by Crippen LogP contribution is -2.45. The van der Waals surface area contributed by atoms with Gasteiger partial charge in [0.15, 0.2) is 11.5 Å². The molecular weight excluding hydrogens is 471 g/mol. The lowest BCUT2D eigenvalue weighted by atomic mass is 10.0. The zero-order valence-electron chi connectivity index (χ0n) is 18.8. The van der Waals surface area contributed by atoms with Gasteiger partial charge in [-0.05, 0) is 25.0 Å². The van der Waals surface area contributed by atoms with Gasteiger partial charge in [0.1, 0.15) is 18.6 Å². The molecule has 0 bridgehead atoms. The zero-order chi connectivity index (χ0) is 25.3.